The van der Waals surface area contributed by atoms with Crippen LogP contribution in [0.4, 0.5) is 0 Å². The quantitative estimate of drug-likeness (QED) is 0.927. The Balaban J connectivity index is 2.16. The molecule has 0 spiro atoms. The Morgan fingerprint density at radius 3 is 2.70 bits per heavy atom. The maximum atomic E-state index is 6.13. The van der Waals surface area contributed by atoms with Gasteiger partial charge in [0.2, 0.25) is 0 Å². The monoisotopic (exact) mass is 315 g/mol. The van der Waals surface area contributed by atoms with Crippen LogP contribution in [0.1, 0.15) is 24.4 Å². The van der Waals surface area contributed by atoms with E-state index in [0.29, 0.717) is 22.6 Å². The number of piperidine rings is 1. The molecule has 0 saturated carbocycles. The zero-order chi connectivity index (χ0) is 14.7. The number of likely N-dealkylation sites (tertiary alicyclic amines) is 1. The zero-order valence-corrected chi connectivity index (χ0v) is 13.7. The van der Waals surface area contributed by atoms with Crippen molar-refractivity contribution in [1.29, 1.82) is 0 Å². The number of hydrogen-bond donors (Lipinski definition) is 1. The molecule has 1 aliphatic rings. The van der Waals surface area contributed by atoms with E-state index in [0.717, 1.165) is 18.7 Å². The van der Waals surface area contributed by atoms with E-state index in [-0.39, 0.29) is 6.04 Å². The van der Waals surface area contributed by atoms with Crippen molar-refractivity contribution in [2.45, 2.75) is 24.9 Å². The summed E-state index contributed by atoms with van der Waals surface area (Å²) in [7, 11) is 4.29. The third kappa shape index (κ3) is 3.66. The molecule has 1 heterocycles. The molecule has 0 aliphatic carbocycles. The van der Waals surface area contributed by atoms with Gasteiger partial charge >= 0.3 is 0 Å². The maximum absolute atomic E-state index is 6.13. The highest BCUT2D eigenvalue weighted by Crippen LogP contribution is 2.30. The highest BCUT2D eigenvalue weighted by atomic mass is 35.5. The second kappa shape index (κ2) is 7.10. The van der Waals surface area contributed by atoms with E-state index < -0.39 is 0 Å². The fourth-order valence-electron chi connectivity index (χ4n) is 2.90. The first-order chi connectivity index (χ1) is 9.52. The van der Waals surface area contributed by atoms with Crippen molar-refractivity contribution in [2.24, 2.45) is 5.73 Å². The fourth-order valence-corrected chi connectivity index (χ4v) is 3.21. The number of nitrogens with zero attached hydrogens (tertiary/aromatic N) is 2. The van der Waals surface area contributed by atoms with Crippen LogP contribution < -0.4 is 5.73 Å². The van der Waals surface area contributed by atoms with E-state index in [1.54, 1.807) is 0 Å². The smallest absolute Gasteiger partial charge is 0.0595 e. The molecule has 0 amide bonds. The van der Waals surface area contributed by atoms with Gasteiger partial charge in [-0.25, -0.2) is 0 Å². The van der Waals surface area contributed by atoms with Gasteiger partial charge in [-0.1, -0.05) is 29.3 Å². The van der Waals surface area contributed by atoms with Crippen LogP contribution in [0.25, 0.3) is 0 Å². The van der Waals surface area contributed by atoms with Crippen LogP contribution in [-0.2, 0) is 0 Å². The minimum Gasteiger partial charge on any atom is -0.329 e. The second-order valence-corrected chi connectivity index (χ2v) is 6.49. The van der Waals surface area contributed by atoms with Crippen LogP contribution in [0, 0.1) is 0 Å². The first kappa shape index (κ1) is 16.1. The summed E-state index contributed by atoms with van der Waals surface area (Å²) in [6.45, 7) is 2.74. The van der Waals surface area contributed by atoms with E-state index in [2.05, 4.69) is 23.9 Å². The second-order valence-electron chi connectivity index (χ2n) is 5.68. The lowest BCUT2D eigenvalue weighted by atomic mass is 9.99. The number of likely N-dealkylation sites (N-methyl/N-ethyl adjacent to an activating group) is 1. The average molecular weight is 316 g/mol. The lowest BCUT2D eigenvalue weighted by Crippen LogP contribution is -2.47. The van der Waals surface area contributed by atoms with Gasteiger partial charge < -0.3 is 10.6 Å². The molecule has 1 aromatic rings. The topological polar surface area (TPSA) is 32.5 Å². The van der Waals surface area contributed by atoms with Crippen molar-refractivity contribution in [2.75, 3.05) is 33.7 Å². The summed E-state index contributed by atoms with van der Waals surface area (Å²) in [6.07, 6.45) is 2.46. The SMILES string of the molecule is CN(C)C1CCCN(C(CN)c2ccc(Cl)c(Cl)c2)C1. The first-order valence-electron chi connectivity index (χ1n) is 7.08. The summed E-state index contributed by atoms with van der Waals surface area (Å²) in [6, 6.07) is 6.65. The molecule has 2 N–H and O–H groups in total. The van der Waals surface area contributed by atoms with Gasteiger partial charge in [-0.2, -0.15) is 0 Å². The molecule has 0 bridgehead atoms. The molecule has 1 saturated heterocycles. The van der Waals surface area contributed by atoms with Crippen LogP contribution >= 0.6 is 23.2 Å². The molecule has 2 atom stereocenters. The Morgan fingerprint density at radius 2 is 2.10 bits per heavy atom. The van der Waals surface area contributed by atoms with E-state index in [9.17, 15) is 0 Å². The van der Waals surface area contributed by atoms with Crippen LogP contribution in [0.5, 0.6) is 0 Å². The Bertz CT molecular complexity index is 451. The Labute approximate surface area is 131 Å². The van der Waals surface area contributed by atoms with Crippen molar-refractivity contribution in [3.63, 3.8) is 0 Å². The standard InChI is InChI=1S/C15H23Cl2N3/c1-19(2)12-4-3-7-20(10-12)15(9-18)11-5-6-13(16)14(17)8-11/h5-6,8,12,15H,3-4,7,9-10,18H2,1-2H3. The third-order valence-corrected chi connectivity index (χ3v) is 4.89. The molecule has 5 heteroatoms. The van der Waals surface area contributed by atoms with Gasteiger partial charge in [0, 0.05) is 25.2 Å². The Morgan fingerprint density at radius 1 is 1.35 bits per heavy atom. The number of hydrogen-bond acceptors (Lipinski definition) is 3. The van der Waals surface area contributed by atoms with Crippen LogP contribution in [0.2, 0.25) is 10.0 Å². The summed E-state index contributed by atoms with van der Waals surface area (Å²) in [5.74, 6) is 0. The van der Waals surface area contributed by atoms with E-state index in [1.165, 1.54) is 12.8 Å². The van der Waals surface area contributed by atoms with Crippen LogP contribution in [0.15, 0.2) is 18.2 Å². The van der Waals surface area contributed by atoms with Crippen molar-refractivity contribution < 1.29 is 0 Å². The highest BCUT2D eigenvalue weighted by molar-refractivity contribution is 6.42. The molecule has 112 valence electrons. The van der Waals surface area contributed by atoms with E-state index in [4.69, 9.17) is 28.9 Å². The van der Waals surface area contributed by atoms with Gasteiger partial charge in [-0.15, -0.1) is 0 Å². The van der Waals surface area contributed by atoms with Gasteiger partial charge in [-0.3, -0.25) is 4.90 Å². The molecule has 1 aromatic carbocycles. The lowest BCUT2D eigenvalue weighted by Gasteiger charge is -2.40. The summed E-state index contributed by atoms with van der Waals surface area (Å²) < 4.78 is 0. The van der Waals surface area contributed by atoms with Gasteiger partial charge in [0.05, 0.1) is 10.0 Å². The third-order valence-electron chi connectivity index (χ3n) is 4.15. The molecule has 1 fully saturated rings. The van der Waals surface area contributed by atoms with E-state index >= 15 is 0 Å². The van der Waals surface area contributed by atoms with Crippen LogP contribution in [0.3, 0.4) is 0 Å². The molecule has 0 radical (unpaired) electrons. The van der Waals surface area contributed by atoms with Gasteiger partial charge in [0.1, 0.15) is 0 Å². The fraction of sp³-hybridized carbons (Fsp3) is 0.600. The lowest BCUT2D eigenvalue weighted by molar-refractivity contribution is 0.0984. The Hall–Kier alpha value is -0.320. The van der Waals surface area contributed by atoms with Crippen molar-refractivity contribution in [3.8, 4) is 0 Å². The number of halogens is 2. The van der Waals surface area contributed by atoms with Gasteiger partial charge in [0.25, 0.3) is 0 Å². The summed E-state index contributed by atoms with van der Waals surface area (Å²) in [5, 5.41) is 1.19. The summed E-state index contributed by atoms with van der Waals surface area (Å²) in [4.78, 5) is 4.77. The number of nitrogens with two attached hydrogens (primary N) is 1. The number of benzene rings is 1. The maximum Gasteiger partial charge on any atom is 0.0595 e. The predicted octanol–water partition coefficient (Wildman–Crippen LogP) is 3.02. The Kier molecular flexibility index (Phi) is 5.70. The predicted molar refractivity (Wildman–Crippen MR) is 86.5 cm³/mol. The molecule has 0 aromatic heterocycles. The van der Waals surface area contributed by atoms with E-state index in [1.807, 2.05) is 18.2 Å². The van der Waals surface area contributed by atoms with Crippen molar-refractivity contribution >= 4 is 23.2 Å². The normalized spacial score (nSPS) is 22.2. The molecule has 1 aliphatic heterocycles. The summed E-state index contributed by atoms with van der Waals surface area (Å²) in [5.41, 5.74) is 7.17. The largest absolute Gasteiger partial charge is 0.329 e. The average Bonchev–Trinajstić information content (AvgIpc) is 2.44. The zero-order valence-electron chi connectivity index (χ0n) is 12.1. The molecule has 3 nitrogen and oxygen atoms in total. The van der Waals surface area contributed by atoms with Crippen molar-refractivity contribution in [3.05, 3.63) is 33.8 Å². The molecule has 2 unspecified atom stereocenters. The molecule has 20 heavy (non-hydrogen) atoms. The number of rotatable bonds is 4. The van der Waals surface area contributed by atoms with Gasteiger partial charge in [0.15, 0.2) is 0 Å². The molecular formula is C15H23Cl2N3. The van der Waals surface area contributed by atoms with Crippen molar-refractivity contribution in [1.82, 2.24) is 9.80 Å². The minimum atomic E-state index is 0.215. The molecular weight excluding hydrogens is 293 g/mol. The van der Waals surface area contributed by atoms with Gasteiger partial charge in [-0.05, 0) is 51.2 Å². The van der Waals surface area contributed by atoms with Crippen LogP contribution in [-0.4, -0.2) is 49.6 Å². The summed E-state index contributed by atoms with van der Waals surface area (Å²) >= 11 is 12.1. The first-order valence-corrected chi connectivity index (χ1v) is 7.84. The molecule has 2 rings (SSSR count). The highest BCUT2D eigenvalue weighted by Gasteiger charge is 2.27. The minimum absolute atomic E-state index is 0.215.